The lowest BCUT2D eigenvalue weighted by atomic mass is 10.1. The highest BCUT2D eigenvalue weighted by Gasteiger charge is 2.16. The van der Waals surface area contributed by atoms with E-state index in [2.05, 4.69) is 21.2 Å². The van der Waals surface area contributed by atoms with Gasteiger partial charge in [0, 0.05) is 22.0 Å². The van der Waals surface area contributed by atoms with Crippen LogP contribution in [0.5, 0.6) is 0 Å². The van der Waals surface area contributed by atoms with Crippen LogP contribution in [0.2, 0.25) is 0 Å². The summed E-state index contributed by atoms with van der Waals surface area (Å²) < 4.78 is 6.51. The minimum atomic E-state index is -0.160. The number of amides is 1. The summed E-state index contributed by atoms with van der Waals surface area (Å²) in [5, 5.41) is 3.70. The first-order chi connectivity index (χ1) is 7.63. The standard InChI is InChI=1S/C12H12BrNO2/c1-3-14-12(15)11-7(2)9-6-8(13)4-5-10(9)16-11/h4-6H,3H2,1-2H3,(H,14,15). The van der Waals surface area contributed by atoms with Crippen LogP contribution >= 0.6 is 15.9 Å². The number of hydrogen-bond acceptors (Lipinski definition) is 2. The van der Waals surface area contributed by atoms with Crippen LogP contribution in [0.25, 0.3) is 11.0 Å². The summed E-state index contributed by atoms with van der Waals surface area (Å²) >= 11 is 3.40. The van der Waals surface area contributed by atoms with Gasteiger partial charge in [-0.25, -0.2) is 0 Å². The molecule has 1 heterocycles. The van der Waals surface area contributed by atoms with E-state index in [1.165, 1.54) is 0 Å². The van der Waals surface area contributed by atoms with E-state index in [-0.39, 0.29) is 5.91 Å². The molecule has 0 radical (unpaired) electrons. The number of fused-ring (bicyclic) bond motifs is 1. The predicted molar refractivity (Wildman–Crippen MR) is 66.7 cm³/mol. The van der Waals surface area contributed by atoms with E-state index in [1.54, 1.807) is 0 Å². The average Bonchev–Trinajstić information content (AvgIpc) is 2.57. The molecule has 1 aromatic carbocycles. The minimum Gasteiger partial charge on any atom is -0.451 e. The molecule has 0 bridgehead atoms. The average molecular weight is 282 g/mol. The third kappa shape index (κ3) is 1.85. The first-order valence-corrected chi connectivity index (χ1v) is 5.89. The highest BCUT2D eigenvalue weighted by molar-refractivity contribution is 9.10. The lowest BCUT2D eigenvalue weighted by molar-refractivity contribution is 0.0929. The van der Waals surface area contributed by atoms with Crippen molar-refractivity contribution >= 4 is 32.8 Å². The molecule has 0 aliphatic heterocycles. The van der Waals surface area contributed by atoms with Crippen LogP contribution in [0.15, 0.2) is 27.1 Å². The van der Waals surface area contributed by atoms with Gasteiger partial charge in [0.1, 0.15) is 5.58 Å². The number of carbonyl (C=O) groups excluding carboxylic acids is 1. The maximum atomic E-state index is 11.7. The number of hydrogen-bond donors (Lipinski definition) is 1. The van der Waals surface area contributed by atoms with Crippen molar-refractivity contribution in [2.24, 2.45) is 0 Å². The molecule has 0 saturated carbocycles. The van der Waals surface area contributed by atoms with Gasteiger partial charge in [-0.2, -0.15) is 0 Å². The number of rotatable bonds is 2. The minimum absolute atomic E-state index is 0.160. The van der Waals surface area contributed by atoms with Gasteiger partial charge in [0.2, 0.25) is 0 Å². The molecule has 1 aromatic heterocycles. The second kappa shape index (κ2) is 4.29. The molecule has 0 saturated heterocycles. The van der Waals surface area contributed by atoms with E-state index < -0.39 is 0 Å². The molecule has 0 fully saturated rings. The van der Waals surface area contributed by atoms with Crippen LogP contribution in [0, 0.1) is 6.92 Å². The van der Waals surface area contributed by atoms with Crippen LogP contribution in [0.4, 0.5) is 0 Å². The second-order valence-electron chi connectivity index (χ2n) is 3.56. The van der Waals surface area contributed by atoms with Crippen LogP contribution in [-0.2, 0) is 0 Å². The fourth-order valence-electron chi connectivity index (χ4n) is 1.65. The Labute approximate surface area is 102 Å². The van der Waals surface area contributed by atoms with Crippen molar-refractivity contribution in [1.29, 1.82) is 0 Å². The Bertz CT molecular complexity index is 545. The molecule has 1 amide bonds. The van der Waals surface area contributed by atoms with Crippen molar-refractivity contribution in [3.63, 3.8) is 0 Å². The van der Waals surface area contributed by atoms with Gasteiger partial charge < -0.3 is 9.73 Å². The monoisotopic (exact) mass is 281 g/mol. The van der Waals surface area contributed by atoms with Gasteiger partial charge in [0.25, 0.3) is 5.91 Å². The van der Waals surface area contributed by atoms with E-state index in [0.717, 1.165) is 21.0 Å². The van der Waals surface area contributed by atoms with E-state index in [1.807, 2.05) is 32.0 Å². The Morgan fingerprint density at radius 1 is 1.50 bits per heavy atom. The summed E-state index contributed by atoms with van der Waals surface area (Å²) in [4.78, 5) is 11.7. The summed E-state index contributed by atoms with van der Waals surface area (Å²) in [6.07, 6.45) is 0. The van der Waals surface area contributed by atoms with Gasteiger partial charge in [0.05, 0.1) is 0 Å². The molecular formula is C12H12BrNO2. The third-order valence-corrected chi connectivity index (χ3v) is 2.94. The Balaban J connectivity index is 2.56. The summed E-state index contributed by atoms with van der Waals surface area (Å²) in [6, 6.07) is 5.71. The molecule has 0 aliphatic carbocycles. The van der Waals surface area contributed by atoms with Gasteiger partial charge in [-0.15, -0.1) is 0 Å². The maximum absolute atomic E-state index is 11.7. The Morgan fingerprint density at radius 3 is 2.94 bits per heavy atom. The molecule has 0 atom stereocenters. The lowest BCUT2D eigenvalue weighted by Gasteiger charge is -1.98. The Hall–Kier alpha value is -1.29. The normalized spacial score (nSPS) is 10.7. The van der Waals surface area contributed by atoms with Crippen molar-refractivity contribution in [2.75, 3.05) is 6.54 Å². The van der Waals surface area contributed by atoms with E-state index >= 15 is 0 Å². The van der Waals surface area contributed by atoms with Crippen molar-refractivity contribution in [1.82, 2.24) is 5.32 Å². The zero-order valence-corrected chi connectivity index (χ0v) is 10.7. The topological polar surface area (TPSA) is 42.2 Å². The number of benzene rings is 1. The largest absolute Gasteiger partial charge is 0.451 e. The number of aryl methyl sites for hydroxylation is 1. The molecule has 0 spiro atoms. The van der Waals surface area contributed by atoms with Gasteiger partial charge in [-0.3, -0.25) is 4.79 Å². The molecule has 4 heteroatoms. The van der Waals surface area contributed by atoms with Crippen molar-refractivity contribution in [3.8, 4) is 0 Å². The summed E-state index contributed by atoms with van der Waals surface area (Å²) in [6.45, 7) is 4.37. The third-order valence-electron chi connectivity index (χ3n) is 2.44. The molecule has 0 aliphatic rings. The van der Waals surface area contributed by atoms with E-state index in [4.69, 9.17) is 4.42 Å². The molecule has 16 heavy (non-hydrogen) atoms. The number of halogens is 1. The SMILES string of the molecule is CCNC(=O)c1oc2ccc(Br)cc2c1C. The molecular weight excluding hydrogens is 270 g/mol. The molecule has 2 aromatic rings. The molecule has 2 rings (SSSR count). The highest BCUT2D eigenvalue weighted by atomic mass is 79.9. The smallest absolute Gasteiger partial charge is 0.287 e. The van der Waals surface area contributed by atoms with Gasteiger partial charge in [0.15, 0.2) is 5.76 Å². The zero-order valence-electron chi connectivity index (χ0n) is 9.13. The number of furan rings is 1. The van der Waals surface area contributed by atoms with E-state index in [9.17, 15) is 4.79 Å². The fourth-order valence-corrected chi connectivity index (χ4v) is 2.01. The predicted octanol–water partition coefficient (Wildman–Crippen LogP) is 3.25. The van der Waals surface area contributed by atoms with Gasteiger partial charge in [-0.1, -0.05) is 15.9 Å². The highest BCUT2D eigenvalue weighted by Crippen LogP contribution is 2.27. The summed E-state index contributed by atoms with van der Waals surface area (Å²) in [5.41, 5.74) is 1.62. The summed E-state index contributed by atoms with van der Waals surface area (Å²) in [7, 11) is 0. The van der Waals surface area contributed by atoms with E-state index in [0.29, 0.717) is 12.3 Å². The van der Waals surface area contributed by atoms with Crippen LogP contribution in [0.3, 0.4) is 0 Å². The quantitative estimate of drug-likeness (QED) is 0.918. The Morgan fingerprint density at radius 2 is 2.25 bits per heavy atom. The van der Waals surface area contributed by atoms with Crippen molar-refractivity contribution in [2.45, 2.75) is 13.8 Å². The van der Waals surface area contributed by atoms with Crippen LogP contribution in [0.1, 0.15) is 23.0 Å². The number of carbonyl (C=O) groups is 1. The molecule has 1 N–H and O–H groups in total. The first-order valence-electron chi connectivity index (χ1n) is 5.10. The second-order valence-corrected chi connectivity index (χ2v) is 4.47. The fraction of sp³-hybridized carbons (Fsp3) is 0.250. The first kappa shape index (κ1) is 11.2. The van der Waals surface area contributed by atoms with Crippen molar-refractivity contribution in [3.05, 3.63) is 34.0 Å². The van der Waals surface area contributed by atoms with Crippen LogP contribution in [-0.4, -0.2) is 12.5 Å². The molecule has 3 nitrogen and oxygen atoms in total. The zero-order chi connectivity index (χ0) is 11.7. The molecule has 84 valence electrons. The summed E-state index contributed by atoms with van der Waals surface area (Å²) in [5.74, 6) is 0.238. The van der Waals surface area contributed by atoms with Gasteiger partial charge in [-0.05, 0) is 32.0 Å². The van der Waals surface area contributed by atoms with Crippen LogP contribution < -0.4 is 5.32 Å². The maximum Gasteiger partial charge on any atom is 0.287 e. The molecule has 0 unspecified atom stereocenters. The van der Waals surface area contributed by atoms with Gasteiger partial charge >= 0.3 is 0 Å². The Kier molecular flexibility index (Phi) is 3.01. The van der Waals surface area contributed by atoms with Crippen molar-refractivity contribution < 1.29 is 9.21 Å². The number of nitrogens with one attached hydrogen (secondary N) is 1. The lowest BCUT2D eigenvalue weighted by Crippen LogP contribution is -2.22.